The molecule has 0 aromatic carbocycles. The van der Waals surface area contributed by atoms with Crippen LogP contribution in [0.1, 0.15) is 33.1 Å². The first-order valence-corrected chi connectivity index (χ1v) is 5.55. The first-order valence-electron chi connectivity index (χ1n) is 5.55. The third-order valence-electron chi connectivity index (χ3n) is 3.34. The minimum atomic E-state index is -1.18. The van der Waals surface area contributed by atoms with Crippen molar-refractivity contribution in [1.29, 1.82) is 0 Å². The predicted octanol–water partition coefficient (Wildman–Crippen LogP) is 2.13. The Hall–Kier alpha value is -0.150. The van der Waals surface area contributed by atoms with Crippen LogP contribution in [0.2, 0.25) is 0 Å². The molecule has 14 heavy (non-hydrogen) atoms. The molecule has 1 aliphatic heterocycles. The van der Waals surface area contributed by atoms with E-state index < -0.39 is 5.67 Å². The Morgan fingerprint density at radius 3 is 2.43 bits per heavy atom. The van der Waals surface area contributed by atoms with E-state index in [9.17, 15) is 4.39 Å². The molecule has 0 aliphatic carbocycles. The lowest BCUT2D eigenvalue weighted by atomic mass is 9.81. The summed E-state index contributed by atoms with van der Waals surface area (Å²) >= 11 is 0. The number of hydrogen-bond acceptors (Lipinski definition) is 2. The first-order chi connectivity index (χ1) is 6.58. The lowest BCUT2D eigenvalue weighted by Gasteiger charge is -2.33. The quantitative estimate of drug-likeness (QED) is 0.759. The molecule has 1 atom stereocenters. The number of rotatable bonds is 4. The van der Waals surface area contributed by atoms with E-state index in [1.165, 1.54) is 0 Å². The molecule has 0 aromatic heterocycles. The van der Waals surface area contributed by atoms with Gasteiger partial charge in [-0.05, 0) is 31.1 Å². The van der Waals surface area contributed by atoms with Gasteiger partial charge in [0.05, 0.1) is 0 Å². The van der Waals surface area contributed by atoms with Crippen LogP contribution in [0.25, 0.3) is 0 Å². The van der Waals surface area contributed by atoms with Crippen molar-refractivity contribution in [3.05, 3.63) is 0 Å². The topological polar surface area (TPSA) is 35.2 Å². The van der Waals surface area contributed by atoms with Gasteiger partial charge in [0, 0.05) is 19.8 Å². The van der Waals surface area contributed by atoms with Crippen LogP contribution >= 0.6 is 0 Å². The second-order valence-electron chi connectivity index (χ2n) is 4.65. The standard InChI is InChI=1S/C11H22FNO/c1-9(2)11(12,8-13)7-10-3-5-14-6-4-10/h9-10H,3-8,13H2,1-2H3. The fourth-order valence-corrected chi connectivity index (χ4v) is 1.99. The molecule has 2 N–H and O–H groups in total. The molecule has 0 spiro atoms. The molecule has 1 fully saturated rings. The first kappa shape index (κ1) is 11.9. The number of nitrogens with two attached hydrogens (primary N) is 1. The van der Waals surface area contributed by atoms with E-state index in [1.54, 1.807) is 0 Å². The van der Waals surface area contributed by atoms with Crippen molar-refractivity contribution in [2.24, 2.45) is 17.6 Å². The van der Waals surface area contributed by atoms with Gasteiger partial charge in [-0.15, -0.1) is 0 Å². The molecule has 2 nitrogen and oxygen atoms in total. The zero-order valence-electron chi connectivity index (χ0n) is 9.26. The second-order valence-corrected chi connectivity index (χ2v) is 4.65. The third-order valence-corrected chi connectivity index (χ3v) is 3.34. The van der Waals surface area contributed by atoms with Gasteiger partial charge in [0.15, 0.2) is 0 Å². The molecule has 0 saturated carbocycles. The lowest BCUT2D eigenvalue weighted by Crippen LogP contribution is -2.41. The number of ether oxygens (including phenoxy) is 1. The molecule has 1 unspecified atom stereocenters. The van der Waals surface area contributed by atoms with E-state index in [-0.39, 0.29) is 12.5 Å². The molecule has 1 rings (SSSR count). The zero-order valence-corrected chi connectivity index (χ0v) is 9.26. The monoisotopic (exact) mass is 203 g/mol. The number of alkyl halides is 1. The lowest BCUT2D eigenvalue weighted by molar-refractivity contribution is 0.0209. The van der Waals surface area contributed by atoms with E-state index in [0.717, 1.165) is 26.1 Å². The Morgan fingerprint density at radius 1 is 1.43 bits per heavy atom. The highest BCUT2D eigenvalue weighted by Crippen LogP contribution is 2.32. The van der Waals surface area contributed by atoms with Crippen LogP contribution in [-0.2, 0) is 4.74 Å². The van der Waals surface area contributed by atoms with Gasteiger partial charge in [-0.2, -0.15) is 0 Å². The summed E-state index contributed by atoms with van der Waals surface area (Å²) in [6.07, 6.45) is 2.57. The molecule has 84 valence electrons. The largest absolute Gasteiger partial charge is 0.381 e. The van der Waals surface area contributed by atoms with Crippen molar-refractivity contribution in [2.75, 3.05) is 19.8 Å². The smallest absolute Gasteiger partial charge is 0.125 e. The average Bonchev–Trinajstić information content (AvgIpc) is 2.19. The fraction of sp³-hybridized carbons (Fsp3) is 1.00. The van der Waals surface area contributed by atoms with Gasteiger partial charge in [0.2, 0.25) is 0 Å². The molecule has 1 saturated heterocycles. The number of halogens is 1. The zero-order chi connectivity index (χ0) is 10.6. The van der Waals surface area contributed by atoms with Crippen LogP contribution in [0, 0.1) is 11.8 Å². The van der Waals surface area contributed by atoms with Gasteiger partial charge >= 0.3 is 0 Å². The Labute approximate surface area is 86.0 Å². The summed E-state index contributed by atoms with van der Waals surface area (Å²) in [5.41, 5.74) is 4.34. The van der Waals surface area contributed by atoms with E-state index in [1.807, 2.05) is 13.8 Å². The highest BCUT2D eigenvalue weighted by molar-refractivity contribution is 4.86. The minimum Gasteiger partial charge on any atom is -0.381 e. The summed E-state index contributed by atoms with van der Waals surface area (Å²) in [4.78, 5) is 0. The normalized spacial score (nSPS) is 23.8. The SMILES string of the molecule is CC(C)C(F)(CN)CC1CCOCC1. The number of hydrogen-bond donors (Lipinski definition) is 1. The molecule has 0 radical (unpaired) electrons. The van der Waals surface area contributed by atoms with Gasteiger partial charge in [-0.3, -0.25) is 0 Å². The van der Waals surface area contributed by atoms with Gasteiger partial charge in [0.25, 0.3) is 0 Å². The van der Waals surface area contributed by atoms with Gasteiger partial charge in [-0.1, -0.05) is 13.8 Å². The van der Waals surface area contributed by atoms with Crippen molar-refractivity contribution in [1.82, 2.24) is 0 Å². The van der Waals surface area contributed by atoms with Gasteiger partial charge in [0.1, 0.15) is 5.67 Å². The Morgan fingerprint density at radius 2 is 2.00 bits per heavy atom. The van der Waals surface area contributed by atoms with Crippen LogP contribution in [0.4, 0.5) is 4.39 Å². The highest BCUT2D eigenvalue weighted by atomic mass is 19.1. The van der Waals surface area contributed by atoms with Crippen molar-refractivity contribution < 1.29 is 9.13 Å². The highest BCUT2D eigenvalue weighted by Gasteiger charge is 2.35. The van der Waals surface area contributed by atoms with Crippen molar-refractivity contribution in [3.63, 3.8) is 0 Å². The maximum absolute atomic E-state index is 14.3. The second kappa shape index (κ2) is 5.08. The summed E-state index contributed by atoms with van der Waals surface area (Å²) in [7, 11) is 0. The summed E-state index contributed by atoms with van der Waals surface area (Å²) in [5, 5.41) is 0. The van der Waals surface area contributed by atoms with Crippen molar-refractivity contribution in [3.8, 4) is 0 Å². The van der Waals surface area contributed by atoms with Gasteiger partial charge < -0.3 is 10.5 Å². The summed E-state index contributed by atoms with van der Waals surface area (Å²) in [6, 6.07) is 0. The average molecular weight is 203 g/mol. The van der Waals surface area contributed by atoms with Gasteiger partial charge in [-0.25, -0.2) is 4.39 Å². The predicted molar refractivity (Wildman–Crippen MR) is 55.9 cm³/mol. The molecule has 1 aliphatic rings. The van der Waals surface area contributed by atoms with E-state index in [4.69, 9.17) is 10.5 Å². The summed E-state index contributed by atoms with van der Waals surface area (Å²) in [6.45, 7) is 5.52. The third kappa shape index (κ3) is 2.92. The molecule has 0 aromatic rings. The maximum Gasteiger partial charge on any atom is 0.125 e. The Bertz CT molecular complexity index is 169. The van der Waals surface area contributed by atoms with E-state index in [0.29, 0.717) is 12.3 Å². The molecular formula is C11H22FNO. The van der Waals surface area contributed by atoms with Crippen molar-refractivity contribution in [2.45, 2.75) is 38.8 Å². The van der Waals surface area contributed by atoms with E-state index >= 15 is 0 Å². The van der Waals surface area contributed by atoms with Crippen LogP contribution in [0.3, 0.4) is 0 Å². The van der Waals surface area contributed by atoms with Crippen molar-refractivity contribution >= 4 is 0 Å². The van der Waals surface area contributed by atoms with Crippen LogP contribution in [0.5, 0.6) is 0 Å². The Kier molecular flexibility index (Phi) is 4.32. The van der Waals surface area contributed by atoms with Crippen LogP contribution < -0.4 is 5.73 Å². The minimum absolute atomic E-state index is 0.00958. The molecule has 0 amide bonds. The molecule has 3 heteroatoms. The van der Waals surface area contributed by atoms with Crippen LogP contribution in [-0.4, -0.2) is 25.4 Å². The fourth-order valence-electron chi connectivity index (χ4n) is 1.99. The van der Waals surface area contributed by atoms with E-state index in [2.05, 4.69) is 0 Å². The molecule has 0 bridgehead atoms. The molecule has 1 heterocycles. The molecular weight excluding hydrogens is 181 g/mol. The maximum atomic E-state index is 14.3. The summed E-state index contributed by atoms with van der Waals surface area (Å²) in [5.74, 6) is 0.468. The Balaban J connectivity index is 2.46. The summed E-state index contributed by atoms with van der Waals surface area (Å²) < 4.78 is 19.5. The van der Waals surface area contributed by atoms with Crippen LogP contribution in [0.15, 0.2) is 0 Å².